The lowest BCUT2D eigenvalue weighted by atomic mass is 10.0. The number of aromatic nitrogens is 1. The van der Waals surface area contributed by atoms with Gasteiger partial charge in [0.1, 0.15) is 0 Å². The first-order chi connectivity index (χ1) is 11.2. The van der Waals surface area contributed by atoms with E-state index in [1.54, 1.807) is 11.3 Å². The zero-order valence-electron chi connectivity index (χ0n) is 12.6. The predicted octanol–water partition coefficient (Wildman–Crippen LogP) is 4.82. The third kappa shape index (κ3) is 2.92. The summed E-state index contributed by atoms with van der Waals surface area (Å²) < 4.78 is 1.16. The molecular formula is C17H18BrN3S2. The van der Waals surface area contributed by atoms with Crippen molar-refractivity contribution >= 4 is 44.6 Å². The van der Waals surface area contributed by atoms with Crippen molar-refractivity contribution in [2.24, 2.45) is 0 Å². The molecule has 23 heavy (non-hydrogen) atoms. The average molecular weight is 408 g/mol. The first-order valence-corrected chi connectivity index (χ1v) is 10.0. The highest BCUT2D eigenvalue weighted by Gasteiger charge is 2.44. The van der Waals surface area contributed by atoms with Crippen LogP contribution in [0.25, 0.3) is 0 Å². The Kier molecular flexibility index (Phi) is 4.39. The number of pyridine rings is 1. The Balaban J connectivity index is 1.75. The molecule has 2 atom stereocenters. The largest absolute Gasteiger partial charge is 0.352 e. The third-order valence-electron chi connectivity index (χ3n) is 4.74. The normalized spacial score (nSPS) is 25.1. The van der Waals surface area contributed by atoms with Crippen LogP contribution < -0.4 is 5.32 Å². The van der Waals surface area contributed by atoms with Gasteiger partial charge < -0.3 is 10.2 Å². The summed E-state index contributed by atoms with van der Waals surface area (Å²) in [6.07, 6.45) is 6.94. The molecule has 1 saturated carbocycles. The number of hydrogen-bond donors (Lipinski definition) is 1. The number of rotatable bonds is 3. The van der Waals surface area contributed by atoms with Crippen molar-refractivity contribution in [2.45, 2.75) is 43.8 Å². The molecule has 4 rings (SSSR count). The summed E-state index contributed by atoms with van der Waals surface area (Å²) >= 11 is 11.1. The van der Waals surface area contributed by atoms with Gasteiger partial charge in [0.05, 0.1) is 21.6 Å². The van der Waals surface area contributed by atoms with Gasteiger partial charge in [0, 0.05) is 17.1 Å². The van der Waals surface area contributed by atoms with Gasteiger partial charge in [0.15, 0.2) is 5.11 Å². The second kappa shape index (κ2) is 6.49. The van der Waals surface area contributed by atoms with Crippen LogP contribution in [0.15, 0.2) is 40.3 Å². The standard InChI is InChI=1S/C17H18BrN3S2/c18-14-9-8-13(23-14)16-15(12-7-3-4-10-19-12)20-17(22)21(16)11-5-1-2-6-11/h3-4,7-11,15-16H,1-2,5-6H2,(H,20,22). The van der Waals surface area contributed by atoms with Crippen molar-refractivity contribution in [3.05, 3.63) is 50.9 Å². The quantitative estimate of drug-likeness (QED) is 0.737. The Hall–Kier alpha value is -0.980. The number of thiophene rings is 1. The highest BCUT2D eigenvalue weighted by Crippen LogP contribution is 2.45. The van der Waals surface area contributed by atoms with E-state index < -0.39 is 0 Å². The second-order valence-corrected chi connectivity index (χ2v) is 9.00. The van der Waals surface area contributed by atoms with Gasteiger partial charge in [-0.1, -0.05) is 18.9 Å². The molecule has 2 unspecified atom stereocenters. The summed E-state index contributed by atoms with van der Waals surface area (Å²) in [5.74, 6) is 0. The molecule has 0 radical (unpaired) electrons. The lowest BCUT2D eigenvalue weighted by molar-refractivity contribution is 0.249. The van der Waals surface area contributed by atoms with E-state index in [-0.39, 0.29) is 12.1 Å². The Morgan fingerprint density at radius 3 is 2.70 bits per heavy atom. The second-order valence-electron chi connectivity index (χ2n) is 6.11. The van der Waals surface area contributed by atoms with Gasteiger partial charge in [-0.2, -0.15) is 0 Å². The van der Waals surface area contributed by atoms with Crippen LogP contribution in [0, 0.1) is 0 Å². The fraction of sp³-hybridized carbons (Fsp3) is 0.412. The Bertz CT molecular complexity index is 697. The van der Waals surface area contributed by atoms with E-state index in [1.807, 2.05) is 18.3 Å². The zero-order chi connectivity index (χ0) is 15.8. The van der Waals surface area contributed by atoms with Crippen LogP contribution in [0.2, 0.25) is 0 Å². The fourth-order valence-electron chi connectivity index (χ4n) is 3.73. The molecule has 0 amide bonds. The van der Waals surface area contributed by atoms with E-state index >= 15 is 0 Å². The van der Waals surface area contributed by atoms with E-state index in [0.29, 0.717) is 6.04 Å². The van der Waals surface area contributed by atoms with E-state index in [2.05, 4.69) is 49.3 Å². The molecule has 120 valence electrons. The van der Waals surface area contributed by atoms with Crippen molar-refractivity contribution in [1.29, 1.82) is 0 Å². The third-order valence-corrected chi connectivity index (χ3v) is 6.76. The van der Waals surface area contributed by atoms with E-state index in [1.165, 1.54) is 30.6 Å². The first kappa shape index (κ1) is 15.5. The molecule has 3 heterocycles. The Morgan fingerprint density at radius 1 is 1.22 bits per heavy atom. The average Bonchev–Trinajstić information content (AvgIpc) is 3.27. The maximum absolute atomic E-state index is 5.72. The summed E-state index contributed by atoms with van der Waals surface area (Å²) in [4.78, 5) is 8.37. The van der Waals surface area contributed by atoms with Gasteiger partial charge in [0.2, 0.25) is 0 Å². The summed E-state index contributed by atoms with van der Waals surface area (Å²) in [7, 11) is 0. The maximum atomic E-state index is 5.72. The number of halogens is 1. The summed E-state index contributed by atoms with van der Waals surface area (Å²) in [6, 6.07) is 11.3. The van der Waals surface area contributed by atoms with Crippen LogP contribution in [-0.2, 0) is 0 Å². The molecule has 2 aromatic rings. The highest BCUT2D eigenvalue weighted by molar-refractivity contribution is 9.11. The molecule has 0 bridgehead atoms. The molecule has 2 aromatic heterocycles. The van der Waals surface area contributed by atoms with Gasteiger partial charge in [0.25, 0.3) is 0 Å². The lowest BCUT2D eigenvalue weighted by Crippen LogP contribution is -2.37. The van der Waals surface area contributed by atoms with Gasteiger partial charge in [-0.3, -0.25) is 4.98 Å². The number of thiocarbonyl (C=S) groups is 1. The van der Waals surface area contributed by atoms with Crippen molar-refractivity contribution in [2.75, 3.05) is 0 Å². The molecule has 1 N–H and O–H groups in total. The van der Waals surface area contributed by atoms with Crippen molar-refractivity contribution < 1.29 is 0 Å². The van der Waals surface area contributed by atoms with Gasteiger partial charge in [-0.05, 0) is 65.3 Å². The van der Waals surface area contributed by atoms with Gasteiger partial charge in [-0.25, -0.2) is 0 Å². The SMILES string of the molecule is S=C1NC(c2ccccn2)C(c2ccc(Br)s2)N1C1CCCC1. The number of nitrogens with one attached hydrogen (secondary N) is 1. The minimum Gasteiger partial charge on any atom is -0.352 e. The van der Waals surface area contributed by atoms with E-state index in [0.717, 1.165) is 14.6 Å². The van der Waals surface area contributed by atoms with Crippen LogP contribution in [-0.4, -0.2) is 21.0 Å². The molecule has 1 saturated heterocycles. The number of hydrogen-bond acceptors (Lipinski definition) is 3. The molecule has 1 aliphatic carbocycles. The molecule has 2 fully saturated rings. The maximum Gasteiger partial charge on any atom is 0.170 e. The van der Waals surface area contributed by atoms with Crippen LogP contribution in [0.3, 0.4) is 0 Å². The van der Waals surface area contributed by atoms with Crippen molar-refractivity contribution in [3.8, 4) is 0 Å². The summed E-state index contributed by atoms with van der Waals surface area (Å²) in [5, 5.41) is 4.42. The molecule has 0 aromatic carbocycles. The molecule has 2 aliphatic rings. The Morgan fingerprint density at radius 2 is 2.04 bits per heavy atom. The minimum absolute atomic E-state index is 0.120. The number of nitrogens with zero attached hydrogens (tertiary/aromatic N) is 2. The lowest BCUT2D eigenvalue weighted by Gasteiger charge is -2.32. The van der Waals surface area contributed by atoms with Gasteiger partial charge in [-0.15, -0.1) is 11.3 Å². The molecule has 6 heteroatoms. The molecule has 3 nitrogen and oxygen atoms in total. The fourth-order valence-corrected chi connectivity index (χ4v) is 5.68. The highest BCUT2D eigenvalue weighted by atomic mass is 79.9. The molecular weight excluding hydrogens is 390 g/mol. The van der Waals surface area contributed by atoms with Gasteiger partial charge >= 0.3 is 0 Å². The first-order valence-electron chi connectivity index (χ1n) is 7.99. The van der Waals surface area contributed by atoms with Crippen LogP contribution >= 0.6 is 39.5 Å². The Labute approximate surface area is 154 Å². The smallest absolute Gasteiger partial charge is 0.170 e. The van der Waals surface area contributed by atoms with E-state index in [4.69, 9.17) is 12.2 Å². The summed E-state index contributed by atoms with van der Waals surface area (Å²) in [6.45, 7) is 0. The van der Waals surface area contributed by atoms with Crippen LogP contribution in [0.5, 0.6) is 0 Å². The monoisotopic (exact) mass is 407 g/mol. The van der Waals surface area contributed by atoms with Crippen molar-refractivity contribution in [1.82, 2.24) is 15.2 Å². The van der Waals surface area contributed by atoms with E-state index in [9.17, 15) is 0 Å². The summed E-state index contributed by atoms with van der Waals surface area (Å²) in [5.41, 5.74) is 1.06. The van der Waals surface area contributed by atoms with Crippen molar-refractivity contribution in [3.63, 3.8) is 0 Å². The molecule has 0 spiro atoms. The molecule has 1 aliphatic heterocycles. The minimum atomic E-state index is 0.120. The topological polar surface area (TPSA) is 28.2 Å². The zero-order valence-corrected chi connectivity index (χ0v) is 15.8. The predicted molar refractivity (Wildman–Crippen MR) is 102 cm³/mol. The van der Waals surface area contributed by atoms with Crippen LogP contribution in [0.1, 0.15) is 48.3 Å². The van der Waals surface area contributed by atoms with Crippen LogP contribution in [0.4, 0.5) is 0 Å².